The van der Waals surface area contributed by atoms with Crippen molar-refractivity contribution in [2.45, 2.75) is 78.2 Å². The fraction of sp³-hybridized carbons (Fsp3) is 0.870. The molecule has 2 unspecified atom stereocenters. The van der Waals surface area contributed by atoms with Crippen molar-refractivity contribution in [2.24, 2.45) is 51.3 Å². The molecule has 4 aliphatic carbocycles. The molecule has 0 heterocycles. The van der Waals surface area contributed by atoms with E-state index in [1.807, 2.05) is 0 Å². The highest BCUT2D eigenvalue weighted by molar-refractivity contribution is 5.90. The number of ether oxygens (including phenoxy) is 1. The van der Waals surface area contributed by atoms with E-state index in [1.165, 1.54) is 0 Å². The molecular weight excluding hydrogens is 368 g/mol. The molecule has 0 aromatic carbocycles. The van der Waals surface area contributed by atoms with Crippen LogP contribution in [0.15, 0.2) is 5.16 Å². The molecule has 0 aromatic rings. The van der Waals surface area contributed by atoms with Gasteiger partial charge in [0.1, 0.15) is 11.9 Å². The van der Waals surface area contributed by atoms with Gasteiger partial charge >= 0.3 is 5.97 Å². The number of nitrogens with two attached hydrogens (primary N) is 1. The molecule has 0 aromatic heterocycles. The first-order valence-corrected chi connectivity index (χ1v) is 11.4. The number of fused-ring (bicyclic) bond motifs is 5. The number of ketones is 1. The van der Waals surface area contributed by atoms with Gasteiger partial charge in [-0.05, 0) is 68.1 Å². The maximum absolute atomic E-state index is 12.6. The molecule has 0 aliphatic heterocycles. The van der Waals surface area contributed by atoms with Gasteiger partial charge in [0, 0.05) is 24.3 Å². The third-order valence-corrected chi connectivity index (χ3v) is 9.31. The molecule has 6 nitrogen and oxygen atoms in total. The number of oxime groups is 1. The van der Waals surface area contributed by atoms with Crippen LogP contribution in [0.25, 0.3) is 0 Å². The monoisotopic (exact) mass is 404 g/mol. The van der Waals surface area contributed by atoms with Crippen molar-refractivity contribution in [3.8, 4) is 0 Å². The molecular formula is C23H36N2O4. The summed E-state index contributed by atoms with van der Waals surface area (Å²) in [5.41, 5.74) is 6.32. The van der Waals surface area contributed by atoms with Gasteiger partial charge in [0.25, 0.3) is 0 Å². The van der Waals surface area contributed by atoms with Crippen molar-refractivity contribution in [1.82, 2.24) is 0 Å². The zero-order valence-corrected chi connectivity index (χ0v) is 18.0. The fourth-order valence-electron chi connectivity index (χ4n) is 7.40. The number of Topliss-reactive ketones (excluding diaryl/α,β-unsaturated/α-hetero) is 1. The van der Waals surface area contributed by atoms with Crippen molar-refractivity contribution in [2.75, 3.05) is 6.54 Å². The second-order valence-electron chi connectivity index (χ2n) is 10.6. The number of hydrogen-bond acceptors (Lipinski definition) is 6. The molecule has 0 radical (unpaired) electrons. The summed E-state index contributed by atoms with van der Waals surface area (Å²) in [4.78, 5) is 24.8. The van der Waals surface area contributed by atoms with E-state index < -0.39 is 0 Å². The number of esters is 1. The van der Waals surface area contributed by atoms with E-state index in [0.717, 1.165) is 50.7 Å². The Bertz CT molecular complexity index is 722. The second-order valence-corrected chi connectivity index (χ2v) is 10.6. The molecule has 162 valence electrons. The van der Waals surface area contributed by atoms with Crippen molar-refractivity contribution in [3.63, 3.8) is 0 Å². The van der Waals surface area contributed by atoms with Crippen LogP contribution >= 0.6 is 0 Å². The predicted octanol–water partition coefficient (Wildman–Crippen LogP) is 3.54. The minimum atomic E-state index is -0.291. The molecule has 3 N–H and O–H groups in total. The Balaban J connectivity index is 1.56. The van der Waals surface area contributed by atoms with Gasteiger partial charge in [-0.25, -0.2) is 0 Å². The summed E-state index contributed by atoms with van der Waals surface area (Å²) in [5.74, 6) is 1.42. The quantitative estimate of drug-likeness (QED) is 0.425. The van der Waals surface area contributed by atoms with Gasteiger partial charge in [0.15, 0.2) is 0 Å². The average molecular weight is 405 g/mol. The summed E-state index contributed by atoms with van der Waals surface area (Å²) >= 11 is 0. The molecule has 6 heteroatoms. The first-order chi connectivity index (χ1) is 13.7. The maximum atomic E-state index is 12.6. The van der Waals surface area contributed by atoms with E-state index in [4.69, 9.17) is 10.5 Å². The summed E-state index contributed by atoms with van der Waals surface area (Å²) in [6, 6.07) is 0. The first-order valence-electron chi connectivity index (χ1n) is 11.4. The Morgan fingerprint density at radius 3 is 2.72 bits per heavy atom. The molecule has 4 fully saturated rings. The minimum Gasteiger partial charge on any atom is -0.462 e. The van der Waals surface area contributed by atoms with E-state index in [-0.39, 0.29) is 34.7 Å². The predicted molar refractivity (Wildman–Crippen MR) is 109 cm³/mol. The number of nitrogens with zero attached hydrogens (tertiary/aromatic N) is 1. The maximum Gasteiger partial charge on any atom is 0.310 e. The van der Waals surface area contributed by atoms with E-state index in [9.17, 15) is 14.8 Å². The van der Waals surface area contributed by atoms with Crippen LogP contribution in [0.3, 0.4) is 0 Å². The van der Waals surface area contributed by atoms with Crippen molar-refractivity contribution in [1.29, 1.82) is 0 Å². The third kappa shape index (κ3) is 3.13. The lowest BCUT2D eigenvalue weighted by Crippen LogP contribution is -2.57. The van der Waals surface area contributed by atoms with Crippen LogP contribution in [0, 0.1) is 40.4 Å². The number of carbonyl (C=O) groups excluding carboxylic acids is 2. The van der Waals surface area contributed by atoms with Gasteiger partial charge in [-0.2, -0.15) is 0 Å². The van der Waals surface area contributed by atoms with Crippen LogP contribution in [0.5, 0.6) is 0 Å². The lowest BCUT2D eigenvalue weighted by atomic mass is 9.44. The van der Waals surface area contributed by atoms with Crippen LogP contribution in [0.1, 0.15) is 72.1 Å². The molecule has 0 bridgehead atoms. The minimum absolute atomic E-state index is 0.0415. The molecule has 29 heavy (non-hydrogen) atoms. The van der Waals surface area contributed by atoms with E-state index >= 15 is 0 Å². The highest BCUT2D eigenvalue weighted by Crippen LogP contribution is 2.65. The summed E-state index contributed by atoms with van der Waals surface area (Å²) in [7, 11) is 0. The van der Waals surface area contributed by atoms with Crippen LogP contribution in [0.2, 0.25) is 0 Å². The molecule has 4 rings (SSSR count). The highest BCUT2D eigenvalue weighted by Gasteiger charge is 2.62. The van der Waals surface area contributed by atoms with Gasteiger partial charge in [-0.1, -0.05) is 25.9 Å². The average Bonchev–Trinajstić information content (AvgIpc) is 3.02. The first kappa shape index (κ1) is 20.8. The highest BCUT2D eigenvalue weighted by atomic mass is 16.5. The Labute approximate surface area is 173 Å². The van der Waals surface area contributed by atoms with Gasteiger partial charge in [-0.3, -0.25) is 9.59 Å². The van der Waals surface area contributed by atoms with Crippen molar-refractivity contribution >= 4 is 17.5 Å². The van der Waals surface area contributed by atoms with Crippen LogP contribution in [0.4, 0.5) is 0 Å². The largest absolute Gasteiger partial charge is 0.462 e. The zero-order chi connectivity index (χ0) is 21.0. The van der Waals surface area contributed by atoms with E-state index in [0.29, 0.717) is 36.5 Å². The van der Waals surface area contributed by atoms with Gasteiger partial charge < -0.3 is 15.7 Å². The summed E-state index contributed by atoms with van der Waals surface area (Å²) in [5, 5.41) is 13.6. The lowest BCUT2D eigenvalue weighted by molar-refractivity contribution is -0.159. The number of rotatable bonds is 3. The van der Waals surface area contributed by atoms with Gasteiger partial charge in [0.05, 0.1) is 11.6 Å². The smallest absolute Gasteiger partial charge is 0.310 e. The molecule has 0 spiro atoms. The topological polar surface area (TPSA) is 102 Å². The Morgan fingerprint density at radius 2 is 2.03 bits per heavy atom. The van der Waals surface area contributed by atoms with Crippen LogP contribution in [-0.4, -0.2) is 35.3 Å². The zero-order valence-electron chi connectivity index (χ0n) is 18.0. The van der Waals surface area contributed by atoms with E-state index in [1.54, 1.807) is 6.92 Å². The van der Waals surface area contributed by atoms with E-state index in [2.05, 4.69) is 19.0 Å². The number of hydrogen-bond donors (Lipinski definition) is 2. The second kappa shape index (κ2) is 7.36. The Kier molecular flexibility index (Phi) is 5.29. The molecule has 8 atom stereocenters. The van der Waals surface area contributed by atoms with Gasteiger partial charge in [-0.15, -0.1) is 0 Å². The van der Waals surface area contributed by atoms with Crippen molar-refractivity contribution in [3.05, 3.63) is 0 Å². The lowest BCUT2D eigenvalue weighted by Gasteiger charge is -2.60. The Hall–Kier alpha value is -1.43. The molecule has 0 saturated heterocycles. The van der Waals surface area contributed by atoms with Crippen LogP contribution < -0.4 is 5.73 Å². The fourth-order valence-corrected chi connectivity index (χ4v) is 7.40. The third-order valence-electron chi connectivity index (χ3n) is 9.31. The number of carbonyl (C=O) groups is 2. The summed E-state index contributed by atoms with van der Waals surface area (Å²) in [6.07, 6.45) is 6.91. The standard InChI is InChI=1S/C23H36N2O4/c1-13(12-24)21(27)29-14-6-8-22(2)17-7-9-23(3)16(4-5-20(23)26)15(17)11-19(25-28)18(22)10-14/h13-18,28H,4-12,24H2,1-3H3/b25-19+/t13?,14-,15-,16-,17-,18?,22+,23-/m0/s1. The van der Waals surface area contributed by atoms with Gasteiger partial charge in [0.2, 0.25) is 0 Å². The summed E-state index contributed by atoms with van der Waals surface area (Å²) in [6.45, 7) is 6.60. The molecule has 4 aliphatic rings. The molecule has 4 saturated carbocycles. The normalized spacial score (nSPS) is 46.6. The SMILES string of the molecule is CC(CN)C(=O)O[C@H]1CC[C@@]2(C)C(C1)/C(=N/O)C[C@@H]1[C@@H]2CC[C@]2(C)C(=O)CC[C@@H]12. The molecule has 0 amide bonds. The Morgan fingerprint density at radius 1 is 1.28 bits per heavy atom. The van der Waals surface area contributed by atoms with Crippen LogP contribution in [-0.2, 0) is 14.3 Å². The summed E-state index contributed by atoms with van der Waals surface area (Å²) < 4.78 is 5.77. The van der Waals surface area contributed by atoms with Crippen molar-refractivity contribution < 1.29 is 19.5 Å².